The van der Waals surface area contributed by atoms with Crippen molar-refractivity contribution in [1.29, 1.82) is 0 Å². The highest BCUT2D eigenvalue weighted by Gasteiger charge is 2.24. The maximum absolute atomic E-state index is 11.9. The van der Waals surface area contributed by atoms with Gasteiger partial charge in [0.15, 0.2) is 0 Å². The molecule has 0 spiro atoms. The number of hydrogen-bond donors (Lipinski definition) is 1. The SMILES string of the molecule is CN(CC(C)(C)C)C(=O)CC(C)(C)CN. The molecule has 0 saturated heterocycles. The molecule has 90 valence electrons. The molecule has 3 heteroatoms. The summed E-state index contributed by atoms with van der Waals surface area (Å²) in [6, 6.07) is 0. The third-order valence-electron chi connectivity index (χ3n) is 2.32. The van der Waals surface area contributed by atoms with Crippen LogP contribution < -0.4 is 5.73 Å². The van der Waals surface area contributed by atoms with E-state index in [2.05, 4.69) is 20.8 Å². The lowest BCUT2D eigenvalue weighted by Crippen LogP contribution is -2.38. The van der Waals surface area contributed by atoms with Gasteiger partial charge in [-0.1, -0.05) is 34.6 Å². The van der Waals surface area contributed by atoms with Crippen LogP contribution in [0.5, 0.6) is 0 Å². The minimum atomic E-state index is -0.0940. The highest BCUT2D eigenvalue weighted by atomic mass is 16.2. The Morgan fingerprint density at radius 2 is 1.67 bits per heavy atom. The topological polar surface area (TPSA) is 46.3 Å². The lowest BCUT2D eigenvalue weighted by molar-refractivity contribution is -0.133. The zero-order valence-electron chi connectivity index (χ0n) is 11.1. The minimum absolute atomic E-state index is 0.0940. The Labute approximate surface area is 94.0 Å². The van der Waals surface area contributed by atoms with Crippen LogP contribution in [-0.4, -0.2) is 30.9 Å². The fraction of sp³-hybridized carbons (Fsp3) is 0.917. The molecule has 3 nitrogen and oxygen atoms in total. The van der Waals surface area contributed by atoms with E-state index in [1.54, 1.807) is 4.90 Å². The molecule has 0 aromatic carbocycles. The summed E-state index contributed by atoms with van der Waals surface area (Å²) in [5.41, 5.74) is 5.67. The molecule has 0 saturated carbocycles. The van der Waals surface area contributed by atoms with Crippen LogP contribution in [0.1, 0.15) is 41.0 Å². The van der Waals surface area contributed by atoms with Crippen LogP contribution in [0.3, 0.4) is 0 Å². The lowest BCUT2D eigenvalue weighted by Gasteiger charge is -2.30. The summed E-state index contributed by atoms with van der Waals surface area (Å²) in [4.78, 5) is 13.7. The molecule has 1 amide bonds. The van der Waals surface area contributed by atoms with Crippen molar-refractivity contribution in [2.45, 2.75) is 41.0 Å². The molecular weight excluding hydrogens is 188 g/mol. The number of nitrogens with zero attached hydrogens (tertiary/aromatic N) is 1. The van der Waals surface area contributed by atoms with Gasteiger partial charge in [-0.05, 0) is 17.4 Å². The molecule has 0 unspecified atom stereocenters. The van der Waals surface area contributed by atoms with E-state index in [-0.39, 0.29) is 16.7 Å². The number of amides is 1. The molecule has 0 aliphatic carbocycles. The second-order valence-electron chi connectivity index (χ2n) is 6.36. The molecule has 0 atom stereocenters. The van der Waals surface area contributed by atoms with Crippen molar-refractivity contribution in [3.8, 4) is 0 Å². The van der Waals surface area contributed by atoms with E-state index in [4.69, 9.17) is 5.73 Å². The van der Waals surface area contributed by atoms with Crippen molar-refractivity contribution in [2.75, 3.05) is 20.1 Å². The van der Waals surface area contributed by atoms with Crippen molar-refractivity contribution >= 4 is 5.91 Å². The number of nitrogens with two attached hydrogens (primary N) is 1. The number of carbonyl (C=O) groups is 1. The van der Waals surface area contributed by atoms with Gasteiger partial charge in [0.05, 0.1) is 0 Å². The summed E-state index contributed by atoms with van der Waals surface area (Å²) in [6.07, 6.45) is 0.524. The average molecular weight is 214 g/mol. The van der Waals surface area contributed by atoms with E-state index in [1.807, 2.05) is 20.9 Å². The van der Waals surface area contributed by atoms with Gasteiger partial charge >= 0.3 is 0 Å². The van der Waals surface area contributed by atoms with Crippen molar-refractivity contribution in [3.63, 3.8) is 0 Å². The van der Waals surface area contributed by atoms with E-state index < -0.39 is 0 Å². The summed E-state index contributed by atoms with van der Waals surface area (Å²) in [5, 5.41) is 0. The average Bonchev–Trinajstić information content (AvgIpc) is 2.00. The zero-order valence-corrected chi connectivity index (χ0v) is 11.1. The van der Waals surface area contributed by atoms with Crippen LogP contribution in [0.2, 0.25) is 0 Å². The molecule has 0 fully saturated rings. The Kier molecular flexibility index (Phi) is 4.78. The largest absolute Gasteiger partial charge is 0.345 e. The summed E-state index contributed by atoms with van der Waals surface area (Å²) in [6.45, 7) is 11.8. The molecule has 0 heterocycles. The summed E-state index contributed by atoms with van der Waals surface area (Å²) in [7, 11) is 1.86. The highest BCUT2D eigenvalue weighted by molar-refractivity contribution is 5.76. The smallest absolute Gasteiger partial charge is 0.222 e. The van der Waals surface area contributed by atoms with Gasteiger partial charge in [0, 0.05) is 20.0 Å². The molecule has 2 N–H and O–H groups in total. The molecule has 0 bridgehead atoms. The first-order chi connectivity index (χ1) is 6.57. The standard InChI is InChI=1S/C12H26N2O/c1-11(2,3)9-14(6)10(15)7-12(4,5)8-13/h7-9,13H2,1-6H3. The molecule has 0 rings (SSSR count). The van der Waals surface area contributed by atoms with Gasteiger partial charge in [-0.25, -0.2) is 0 Å². The summed E-state index contributed by atoms with van der Waals surface area (Å²) in [5.74, 6) is 0.181. The van der Waals surface area contributed by atoms with Gasteiger partial charge in [0.1, 0.15) is 0 Å². The van der Waals surface area contributed by atoms with Crippen LogP contribution in [0.4, 0.5) is 0 Å². The lowest BCUT2D eigenvalue weighted by atomic mass is 9.88. The first-order valence-corrected chi connectivity index (χ1v) is 5.51. The predicted molar refractivity (Wildman–Crippen MR) is 64.5 cm³/mol. The Hall–Kier alpha value is -0.570. The molecule has 0 aliphatic heterocycles. The second kappa shape index (κ2) is 4.97. The van der Waals surface area contributed by atoms with Crippen molar-refractivity contribution in [3.05, 3.63) is 0 Å². The zero-order chi connectivity index (χ0) is 12.3. The van der Waals surface area contributed by atoms with Gasteiger partial charge in [-0.2, -0.15) is 0 Å². The first-order valence-electron chi connectivity index (χ1n) is 5.51. The maximum Gasteiger partial charge on any atom is 0.222 e. The van der Waals surface area contributed by atoms with E-state index in [9.17, 15) is 4.79 Å². The Bertz CT molecular complexity index is 216. The summed E-state index contributed by atoms with van der Waals surface area (Å²) < 4.78 is 0. The third-order valence-corrected chi connectivity index (χ3v) is 2.32. The number of rotatable bonds is 4. The Morgan fingerprint density at radius 1 is 1.20 bits per heavy atom. The Morgan fingerprint density at radius 3 is 2.00 bits per heavy atom. The summed E-state index contributed by atoms with van der Waals surface area (Å²) >= 11 is 0. The highest BCUT2D eigenvalue weighted by Crippen LogP contribution is 2.21. The molecule has 0 aromatic heterocycles. The van der Waals surface area contributed by atoms with E-state index in [0.717, 1.165) is 6.54 Å². The van der Waals surface area contributed by atoms with Gasteiger partial charge in [0.25, 0.3) is 0 Å². The van der Waals surface area contributed by atoms with Crippen LogP contribution in [-0.2, 0) is 4.79 Å². The number of hydrogen-bond acceptors (Lipinski definition) is 2. The Balaban J connectivity index is 4.23. The van der Waals surface area contributed by atoms with E-state index in [0.29, 0.717) is 13.0 Å². The second-order valence-corrected chi connectivity index (χ2v) is 6.36. The van der Waals surface area contributed by atoms with Crippen molar-refractivity contribution in [2.24, 2.45) is 16.6 Å². The maximum atomic E-state index is 11.9. The van der Waals surface area contributed by atoms with Crippen LogP contribution in [0, 0.1) is 10.8 Å². The fourth-order valence-corrected chi connectivity index (χ4v) is 1.42. The van der Waals surface area contributed by atoms with Crippen molar-refractivity contribution < 1.29 is 4.79 Å². The van der Waals surface area contributed by atoms with Crippen LogP contribution >= 0.6 is 0 Å². The third kappa shape index (κ3) is 6.50. The molecular formula is C12H26N2O. The number of carbonyl (C=O) groups excluding carboxylic acids is 1. The fourth-order valence-electron chi connectivity index (χ4n) is 1.42. The predicted octanol–water partition coefficient (Wildman–Crippen LogP) is 1.87. The quantitative estimate of drug-likeness (QED) is 0.776. The monoisotopic (exact) mass is 214 g/mol. The molecule has 0 aromatic rings. The van der Waals surface area contributed by atoms with Gasteiger partial charge < -0.3 is 10.6 Å². The van der Waals surface area contributed by atoms with Gasteiger partial charge in [-0.15, -0.1) is 0 Å². The van der Waals surface area contributed by atoms with E-state index >= 15 is 0 Å². The van der Waals surface area contributed by atoms with Crippen LogP contribution in [0.15, 0.2) is 0 Å². The van der Waals surface area contributed by atoms with Crippen molar-refractivity contribution in [1.82, 2.24) is 4.90 Å². The normalized spacial score (nSPS) is 12.7. The minimum Gasteiger partial charge on any atom is -0.345 e. The van der Waals surface area contributed by atoms with Crippen LogP contribution in [0.25, 0.3) is 0 Å². The molecule has 0 aliphatic rings. The van der Waals surface area contributed by atoms with Gasteiger partial charge in [-0.3, -0.25) is 4.79 Å². The van der Waals surface area contributed by atoms with Gasteiger partial charge in [0.2, 0.25) is 5.91 Å². The van der Waals surface area contributed by atoms with E-state index in [1.165, 1.54) is 0 Å². The molecule has 15 heavy (non-hydrogen) atoms. The molecule has 0 radical (unpaired) electrons. The first kappa shape index (κ1) is 14.4.